The maximum atomic E-state index is 12.9. The maximum absolute atomic E-state index is 12.9. The van der Waals surface area contributed by atoms with Crippen LogP contribution in [0.2, 0.25) is 0 Å². The van der Waals surface area contributed by atoms with E-state index in [0.29, 0.717) is 6.67 Å². The summed E-state index contributed by atoms with van der Waals surface area (Å²) in [6.45, 7) is 3.47. The Balaban J connectivity index is 1.51. The molecule has 2 aliphatic heterocycles. The van der Waals surface area contributed by atoms with Crippen LogP contribution in [-0.2, 0) is 11.2 Å². The molecular formula is C17H23N3O2S. The topological polar surface area (TPSA) is 52.6 Å². The minimum Gasteiger partial charge on any atom is -0.323 e. The van der Waals surface area contributed by atoms with E-state index in [4.69, 9.17) is 0 Å². The molecule has 1 aromatic heterocycles. The Hall–Kier alpha value is -1.40. The van der Waals surface area contributed by atoms with Crippen LogP contribution in [0, 0.1) is 0 Å². The minimum absolute atomic E-state index is 0.00878. The Morgan fingerprint density at radius 1 is 1.30 bits per heavy atom. The van der Waals surface area contributed by atoms with E-state index in [1.54, 1.807) is 11.3 Å². The predicted octanol–water partition coefficient (Wildman–Crippen LogP) is 2.88. The molecule has 1 spiro atoms. The second kappa shape index (κ2) is 5.60. The first-order valence-electron chi connectivity index (χ1n) is 8.55. The molecule has 1 saturated carbocycles. The lowest BCUT2D eigenvalue weighted by Crippen LogP contribution is -2.49. The van der Waals surface area contributed by atoms with Crippen LogP contribution in [0.5, 0.6) is 0 Å². The van der Waals surface area contributed by atoms with Crippen LogP contribution in [0.4, 0.5) is 4.79 Å². The van der Waals surface area contributed by atoms with Crippen LogP contribution < -0.4 is 5.32 Å². The van der Waals surface area contributed by atoms with Crippen molar-refractivity contribution in [3.05, 3.63) is 21.9 Å². The van der Waals surface area contributed by atoms with Gasteiger partial charge in [0.25, 0.3) is 5.91 Å². The summed E-state index contributed by atoms with van der Waals surface area (Å²) in [5.74, 6) is -0.00878. The highest BCUT2D eigenvalue weighted by molar-refractivity contribution is 7.10. The molecule has 4 rings (SSSR count). The van der Waals surface area contributed by atoms with Gasteiger partial charge in [0.1, 0.15) is 5.54 Å². The third-order valence-electron chi connectivity index (χ3n) is 5.68. The molecule has 1 saturated heterocycles. The summed E-state index contributed by atoms with van der Waals surface area (Å²) in [5.41, 5.74) is 0.739. The van der Waals surface area contributed by atoms with Gasteiger partial charge in [0.05, 0.1) is 6.67 Å². The molecular weight excluding hydrogens is 310 g/mol. The Bertz CT molecular complexity index is 636. The van der Waals surface area contributed by atoms with Crippen molar-refractivity contribution in [1.82, 2.24) is 15.1 Å². The summed E-state index contributed by atoms with van der Waals surface area (Å²) in [6.07, 6.45) is 5.80. The Kier molecular flexibility index (Phi) is 3.69. The number of hydrogen-bond donors (Lipinski definition) is 1. The third kappa shape index (κ3) is 2.39. The molecule has 23 heavy (non-hydrogen) atoms. The van der Waals surface area contributed by atoms with Crippen LogP contribution >= 0.6 is 11.3 Å². The molecule has 1 N–H and O–H groups in total. The van der Waals surface area contributed by atoms with Crippen molar-refractivity contribution in [3.63, 3.8) is 0 Å². The quantitative estimate of drug-likeness (QED) is 0.847. The van der Waals surface area contributed by atoms with Crippen LogP contribution in [-0.4, -0.2) is 40.5 Å². The van der Waals surface area contributed by atoms with Crippen LogP contribution in [0.1, 0.15) is 55.5 Å². The average Bonchev–Trinajstić information content (AvgIpc) is 3.11. The van der Waals surface area contributed by atoms with Crippen LogP contribution in [0.25, 0.3) is 0 Å². The monoisotopic (exact) mass is 333 g/mol. The SMILES string of the molecule is CC1c2ccsc2CCN1CN1C(=O)NC2(CCCCC2)C1=O. The Morgan fingerprint density at radius 3 is 2.87 bits per heavy atom. The molecule has 3 heterocycles. The van der Waals surface area contributed by atoms with E-state index in [0.717, 1.165) is 45.1 Å². The van der Waals surface area contributed by atoms with E-state index in [1.807, 2.05) is 0 Å². The van der Waals surface area contributed by atoms with Crippen molar-refractivity contribution in [1.29, 1.82) is 0 Å². The summed E-state index contributed by atoms with van der Waals surface area (Å²) in [4.78, 5) is 30.4. The number of imide groups is 1. The molecule has 0 bridgehead atoms. The number of carbonyl (C=O) groups excluding carboxylic acids is 2. The van der Waals surface area contributed by atoms with Crippen molar-refractivity contribution in [2.45, 2.75) is 57.0 Å². The number of nitrogens with one attached hydrogen (secondary N) is 1. The van der Waals surface area contributed by atoms with Gasteiger partial charge >= 0.3 is 6.03 Å². The zero-order chi connectivity index (χ0) is 16.0. The molecule has 3 aliphatic rings. The van der Waals surface area contributed by atoms with E-state index in [9.17, 15) is 9.59 Å². The predicted molar refractivity (Wildman–Crippen MR) is 89.2 cm³/mol. The second-order valence-electron chi connectivity index (χ2n) is 6.98. The number of amides is 3. The van der Waals surface area contributed by atoms with Crippen LogP contribution in [0.3, 0.4) is 0 Å². The summed E-state index contributed by atoms with van der Waals surface area (Å²) in [6, 6.07) is 2.22. The van der Waals surface area contributed by atoms with Crippen LogP contribution in [0.15, 0.2) is 11.4 Å². The van der Waals surface area contributed by atoms with Gasteiger partial charge in [0.2, 0.25) is 0 Å². The normalized spacial score (nSPS) is 27.3. The van der Waals surface area contributed by atoms with E-state index in [1.165, 1.54) is 15.3 Å². The first-order valence-corrected chi connectivity index (χ1v) is 9.43. The zero-order valence-electron chi connectivity index (χ0n) is 13.5. The molecule has 1 aromatic rings. The maximum Gasteiger partial charge on any atom is 0.326 e. The summed E-state index contributed by atoms with van der Waals surface area (Å²) in [7, 11) is 0. The molecule has 5 nitrogen and oxygen atoms in total. The summed E-state index contributed by atoms with van der Waals surface area (Å²) < 4.78 is 0. The Labute approximate surface area is 140 Å². The van der Waals surface area contributed by atoms with Gasteiger partial charge in [-0.3, -0.25) is 9.69 Å². The lowest BCUT2D eigenvalue weighted by Gasteiger charge is -2.36. The fourth-order valence-electron chi connectivity index (χ4n) is 4.24. The van der Waals surface area contributed by atoms with Gasteiger partial charge in [0, 0.05) is 17.5 Å². The molecule has 2 fully saturated rings. The highest BCUT2D eigenvalue weighted by atomic mass is 32.1. The summed E-state index contributed by atoms with van der Waals surface area (Å²) in [5, 5.41) is 5.13. The average molecular weight is 333 g/mol. The van der Waals surface area contributed by atoms with E-state index < -0.39 is 5.54 Å². The van der Waals surface area contributed by atoms with E-state index >= 15 is 0 Å². The summed E-state index contributed by atoms with van der Waals surface area (Å²) >= 11 is 1.81. The number of carbonyl (C=O) groups is 2. The first kappa shape index (κ1) is 15.1. The van der Waals surface area contributed by atoms with E-state index in [2.05, 4.69) is 28.6 Å². The largest absolute Gasteiger partial charge is 0.326 e. The fourth-order valence-corrected chi connectivity index (χ4v) is 5.20. The third-order valence-corrected chi connectivity index (χ3v) is 6.68. The molecule has 6 heteroatoms. The second-order valence-corrected chi connectivity index (χ2v) is 7.99. The first-order chi connectivity index (χ1) is 11.1. The van der Waals surface area contributed by atoms with Gasteiger partial charge < -0.3 is 5.32 Å². The molecule has 1 unspecified atom stereocenters. The number of fused-ring (bicyclic) bond motifs is 1. The molecule has 1 aliphatic carbocycles. The highest BCUT2D eigenvalue weighted by Gasteiger charge is 2.51. The van der Waals surface area contributed by atoms with Gasteiger partial charge in [-0.1, -0.05) is 19.3 Å². The standard InChI is InChI=1S/C17H23N3O2S/c1-12-13-6-10-23-14(13)5-9-19(12)11-20-15(21)17(18-16(20)22)7-3-2-4-8-17/h6,10,12H,2-5,7-9,11H2,1H3,(H,18,22). The lowest BCUT2D eigenvalue weighted by molar-refractivity contribution is -0.134. The fraction of sp³-hybridized carbons (Fsp3) is 0.647. The van der Waals surface area contributed by atoms with Gasteiger partial charge in [-0.25, -0.2) is 9.69 Å². The number of nitrogens with zero attached hydrogens (tertiary/aromatic N) is 2. The van der Waals surface area contributed by atoms with Crippen molar-refractivity contribution in [2.75, 3.05) is 13.2 Å². The number of thiophene rings is 1. The molecule has 3 amide bonds. The van der Waals surface area contributed by atoms with Crippen molar-refractivity contribution in [3.8, 4) is 0 Å². The molecule has 124 valence electrons. The zero-order valence-corrected chi connectivity index (χ0v) is 14.3. The number of rotatable bonds is 2. The van der Waals surface area contributed by atoms with Gasteiger partial charge in [0.15, 0.2) is 0 Å². The number of hydrogen-bond acceptors (Lipinski definition) is 4. The van der Waals surface area contributed by atoms with E-state index in [-0.39, 0.29) is 18.0 Å². The highest BCUT2D eigenvalue weighted by Crippen LogP contribution is 2.36. The van der Waals surface area contributed by atoms with Gasteiger partial charge in [-0.05, 0) is 43.2 Å². The minimum atomic E-state index is -0.609. The molecule has 1 atom stereocenters. The molecule has 0 radical (unpaired) electrons. The van der Waals surface area contributed by atoms with Crippen molar-refractivity contribution < 1.29 is 9.59 Å². The van der Waals surface area contributed by atoms with Crippen molar-refractivity contribution in [2.24, 2.45) is 0 Å². The number of urea groups is 1. The molecule has 0 aromatic carbocycles. The van der Waals surface area contributed by atoms with Gasteiger partial charge in [-0.2, -0.15) is 0 Å². The smallest absolute Gasteiger partial charge is 0.323 e. The van der Waals surface area contributed by atoms with Gasteiger partial charge in [-0.15, -0.1) is 11.3 Å². The Morgan fingerprint density at radius 2 is 2.09 bits per heavy atom. The lowest BCUT2D eigenvalue weighted by atomic mass is 9.82. The van der Waals surface area contributed by atoms with Crippen molar-refractivity contribution >= 4 is 23.3 Å².